The molecule has 0 spiro atoms. The fourth-order valence-electron chi connectivity index (χ4n) is 5.68. The summed E-state index contributed by atoms with van der Waals surface area (Å²) in [5, 5.41) is 24.9. The number of aromatic hydroxyl groups is 2. The predicted molar refractivity (Wildman–Crippen MR) is 198 cm³/mol. The fourth-order valence-corrected chi connectivity index (χ4v) is 5.68. The molecule has 4 nitrogen and oxygen atoms in total. The van der Waals surface area contributed by atoms with Crippen LogP contribution in [0.1, 0.15) is 115 Å². The molecule has 0 atom stereocenters. The molecule has 0 aliphatic heterocycles. The topological polar surface area (TPSA) is 65.2 Å². The summed E-state index contributed by atoms with van der Waals surface area (Å²) in [4.78, 5) is 9.89. The number of hydrogen-bond acceptors (Lipinski definition) is 4. The van der Waals surface area contributed by atoms with Gasteiger partial charge >= 0.3 is 0 Å². The Morgan fingerprint density at radius 1 is 0.587 bits per heavy atom. The van der Waals surface area contributed by atoms with E-state index in [1.807, 2.05) is 24.3 Å². The van der Waals surface area contributed by atoms with E-state index in [0.29, 0.717) is 34.3 Å². The SMILES string of the molecule is CC(C)CCc1cc(C=Nc2cc3ccccc3cc2N=Cc2cc(CCC(C)C)cc(C(C)(C)C)c2O)c(O)c(C(C)(C)C)c1. The third-order valence-electron chi connectivity index (χ3n) is 8.56. The van der Waals surface area contributed by atoms with E-state index in [1.165, 1.54) is 11.1 Å². The van der Waals surface area contributed by atoms with Crippen LogP contribution >= 0.6 is 0 Å². The Balaban J connectivity index is 1.82. The van der Waals surface area contributed by atoms with Crippen molar-refractivity contribution in [1.29, 1.82) is 0 Å². The summed E-state index contributed by atoms with van der Waals surface area (Å²) in [7, 11) is 0. The quantitative estimate of drug-likeness (QED) is 0.174. The van der Waals surface area contributed by atoms with Crippen molar-refractivity contribution in [3.63, 3.8) is 0 Å². The number of aliphatic imine (C=N–C) groups is 2. The number of phenolic OH excluding ortho intramolecular Hbond substituents is 2. The van der Waals surface area contributed by atoms with E-state index in [9.17, 15) is 10.2 Å². The lowest BCUT2D eigenvalue weighted by atomic mass is 9.83. The number of rotatable bonds is 10. The average Bonchev–Trinajstić information content (AvgIpc) is 2.97. The lowest BCUT2D eigenvalue weighted by Gasteiger charge is -2.23. The molecule has 0 saturated carbocycles. The van der Waals surface area contributed by atoms with Gasteiger partial charge in [0.1, 0.15) is 11.5 Å². The lowest BCUT2D eigenvalue weighted by molar-refractivity contribution is 0.444. The van der Waals surface area contributed by atoms with Gasteiger partial charge in [0, 0.05) is 34.7 Å². The van der Waals surface area contributed by atoms with Crippen molar-refractivity contribution in [3.05, 3.63) is 94.0 Å². The summed E-state index contributed by atoms with van der Waals surface area (Å²) in [5.74, 6) is 1.73. The van der Waals surface area contributed by atoms with E-state index in [1.54, 1.807) is 12.4 Å². The van der Waals surface area contributed by atoms with E-state index in [0.717, 1.165) is 47.6 Å². The highest BCUT2D eigenvalue weighted by atomic mass is 16.3. The van der Waals surface area contributed by atoms with Crippen LogP contribution in [0.4, 0.5) is 11.4 Å². The second kappa shape index (κ2) is 14.2. The molecule has 2 N–H and O–H groups in total. The van der Waals surface area contributed by atoms with Gasteiger partial charge in [-0.3, -0.25) is 9.98 Å². The molecule has 0 saturated heterocycles. The molecule has 0 unspecified atom stereocenters. The highest BCUT2D eigenvalue weighted by molar-refractivity contribution is 5.96. The van der Waals surface area contributed by atoms with Crippen LogP contribution in [0.5, 0.6) is 11.5 Å². The van der Waals surface area contributed by atoms with Crippen molar-refractivity contribution in [2.45, 2.75) is 106 Å². The van der Waals surface area contributed by atoms with Gasteiger partial charge in [-0.2, -0.15) is 0 Å². The molecular formula is C42H54N2O2. The Kier molecular flexibility index (Phi) is 10.8. The molecule has 4 aromatic carbocycles. The lowest BCUT2D eigenvalue weighted by Crippen LogP contribution is -2.13. The third kappa shape index (κ3) is 8.87. The number of hydrogen-bond donors (Lipinski definition) is 2. The normalized spacial score (nSPS) is 12.9. The Bertz CT molecular complexity index is 1600. The molecule has 0 aliphatic carbocycles. The predicted octanol–water partition coefficient (Wildman–Crippen LogP) is 11.5. The molecule has 244 valence electrons. The number of phenols is 2. The molecule has 4 heteroatoms. The Labute approximate surface area is 277 Å². The second-order valence-electron chi connectivity index (χ2n) is 15.7. The summed E-state index contributed by atoms with van der Waals surface area (Å²) in [6.07, 6.45) is 7.60. The van der Waals surface area contributed by atoms with Gasteiger partial charge in [-0.05, 0) is 94.5 Å². The maximum Gasteiger partial charge on any atom is 0.128 e. The van der Waals surface area contributed by atoms with Crippen molar-refractivity contribution in [1.82, 2.24) is 0 Å². The van der Waals surface area contributed by atoms with Crippen LogP contribution in [-0.2, 0) is 23.7 Å². The van der Waals surface area contributed by atoms with Gasteiger partial charge in [-0.25, -0.2) is 0 Å². The molecule has 0 aliphatic rings. The number of fused-ring (bicyclic) bond motifs is 1. The minimum absolute atomic E-state index is 0.212. The van der Waals surface area contributed by atoms with Crippen LogP contribution in [0, 0.1) is 11.8 Å². The largest absolute Gasteiger partial charge is 0.507 e. The fraction of sp³-hybridized carbons (Fsp3) is 0.429. The number of benzene rings is 4. The molecule has 0 amide bonds. The van der Waals surface area contributed by atoms with Gasteiger partial charge in [0.15, 0.2) is 0 Å². The van der Waals surface area contributed by atoms with Crippen molar-refractivity contribution in [2.24, 2.45) is 21.8 Å². The maximum absolute atomic E-state index is 11.4. The minimum atomic E-state index is -0.212. The molecule has 0 fully saturated rings. The smallest absolute Gasteiger partial charge is 0.128 e. The summed E-state index contributed by atoms with van der Waals surface area (Å²) < 4.78 is 0. The van der Waals surface area contributed by atoms with E-state index < -0.39 is 0 Å². The Morgan fingerprint density at radius 3 is 1.28 bits per heavy atom. The van der Waals surface area contributed by atoms with Gasteiger partial charge in [0.2, 0.25) is 0 Å². The van der Waals surface area contributed by atoms with Gasteiger partial charge in [-0.1, -0.05) is 106 Å². The van der Waals surface area contributed by atoms with Gasteiger partial charge in [0.25, 0.3) is 0 Å². The van der Waals surface area contributed by atoms with E-state index in [4.69, 9.17) is 9.98 Å². The van der Waals surface area contributed by atoms with Crippen LogP contribution in [0.25, 0.3) is 10.8 Å². The van der Waals surface area contributed by atoms with E-state index in [-0.39, 0.29) is 22.3 Å². The molecule has 0 aromatic heterocycles. The van der Waals surface area contributed by atoms with Gasteiger partial charge in [0.05, 0.1) is 11.4 Å². The van der Waals surface area contributed by atoms with Gasteiger partial charge in [-0.15, -0.1) is 0 Å². The summed E-state index contributed by atoms with van der Waals surface area (Å²) in [5.41, 5.74) is 6.65. The first kappa shape index (κ1) is 34.9. The van der Waals surface area contributed by atoms with Crippen LogP contribution in [0.15, 0.2) is 70.6 Å². The first-order valence-electron chi connectivity index (χ1n) is 16.9. The third-order valence-corrected chi connectivity index (χ3v) is 8.56. The molecule has 0 heterocycles. The summed E-state index contributed by atoms with van der Waals surface area (Å²) in [6.45, 7) is 21.7. The highest BCUT2D eigenvalue weighted by Crippen LogP contribution is 2.38. The van der Waals surface area contributed by atoms with E-state index >= 15 is 0 Å². The Hall–Kier alpha value is -3.92. The van der Waals surface area contributed by atoms with Gasteiger partial charge < -0.3 is 10.2 Å². The number of aryl methyl sites for hydroxylation is 2. The monoisotopic (exact) mass is 618 g/mol. The van der Waals surface area contributed by atoms with Crippen molar-refractivity contribution >= 4 is 34.6 Å². The standard InChI is InChI=1S/C42H54N2O2/c1-27(2)15-17-29-19-33(39(45)35(21-29)41(5,6)7)25-43-37-23-31-13-11-12-14-32(31)24-38(37)44-26-34-20-30(18-16-28(3)4)22-36(40(34)46)42(8,9)10/h11-14,19-28,45-46H,15-18H2,1-10H3. The Morgan fingerprint density at radius 2 is 0.957 bits per heavy atom. The van der Waals surface area contributed by atoms with Crippen molar-refractivity contribution in [3.8, 4) is 11.5 Å². The summed E-state index contributed by atoms with van der Waals surface area (Å²) in [6, 6.07) is 20.7. The van der Waals surface area contributed by atoms with Crippen LogP contribution in [-0.4, -0.2) is 22.6 Å². The zero-order valence-electron chi connectivity index (χ0n) is 29.7. The highest BCUT2D eigenvalue weighted by Gasteiger charge is 2.22. The van der Waals surface area contributed by atoms with E-state index in [2.05, 4.69) is 106 Å². The van der Waals surface area contributed by atoms with Crippen LogP contribution in [0.2, 0.25) is 0 Å². The first-order chi connectivity index (χ1) is 21.5. The molecular weight excluding hydrogens is 564 g/mol. The zero-order chi connectivity index (χ0) is 33.8. The first-order valence-corrected chi connectivity index (χ1v) is 16.9. The molecule has 46 heavy (non-hydrogen) atoms. The second-order valence-corrected chi connectivity index (χ2v) is 15.7. The maximum atomic E-state index is 11.4. The molecule has 4 rings (SSSR count). The molecule has 4 aromatic rings. The number of nitrogens with zero attached hydrogens (tertiary/aromatic N) is 2. The van der Waals surface area contributed by atoms with Crippen LogP contribution in [0.3, 0.4) is 0 Å². The minimum Gasteiger partial charge on any atom is -0.507 e. The summed E-state index contributed by atoms with van der Waals surface area (Å²) >= 11 is 0. The average molecular weight is 619 g/mol. The zero-order valence-corrected chi connectivity index (χ0v) is 29.7. The van der Waals surface area contributed by atoms with Crippen LogP contribution < -0.4 is 0 Å². The molecule has 0 radical (unpaired) electrons. The van der Waals surface area contributed by atoms with Crippen molar-refractivity contribution in [2.75, 3.05) is 0 Å². The molecule has 0 bridgehead atoms. The van der Waals surface area contributed by atoms with Crippen molar-refractivity contribution < 1.29 is 10.2 Å².